The van der Waals surface area contributed by atoms with E-state index in [1.165, 1.54) is 6.07 Å². The van der Waals surface area contributed by atoms with Crippen LogP contribution in [0.25, 0.3) is 10.4 Å². The molecule has 0 bridgehead atoms. The van der Waals surface area contributed by atoms with Gasteiger partial charge in [0, 0.05) is 11.3 Å². The van der Waals surface area contributed by atoms with Crippen molar-refractivity contribution in [1.29, 1.82) is 0 Å². The summed E-state index contributed by atoms with van der Waals surface area (Å²) in [6.45, 7) is 0.452. The summed E-state index contributed by atoms with van der Waals surface area (Å²) < 4.78 is 11.1. The molecule has 1 heterocycles. The highest BCUT2D eigenvalue weighted by Crippen LogP contribution is 2.35. The minimum Gasteiger partial charge on any atom is -0.496 e. The molecule has 8 nitrogen and oxygen atoms in total. The summed E-state index contributed by atoms with van der Waals surface area (Å²) in [6, 6.07) is 16.2. The summed E-state index contributed by atoms with van der Waals surface area (Å²) in [6.07, 6.45) is 0.672. The van der Waals surface area contributed by atoms with Gasteiger partial charge in [-0.3, -0.25) is 4.79 Å². The number of ether oxygens (including phenoxy) is 2. The summed E-state index contributed by atoms with van der Waals surface area (Å²) in [7, 11) is 1.62. The molecule has 0 aliphatic rings. The summed E-state index contributed by atoms with van der Waals surface area (Å²) in [5.74, 6) is -2.80. The fraction of sp³-hybridized carbons (Fsp3) is 0.136. The zero-order valence-electron chi connectivity index (χ0n) is 16.5. The first-order valence-electron chi connectivity index (χ1n) is 9.15. The molecule has 1 aromatic heterocycles. The zero-order valence-corrected chi connectivity index (χ0v) is 17.3. The maximum absolute atomic E-state index is 11.4. The topological polar surface area (TPSA) is 122 Å². The molecule has 0 unspecified atom stereocenters. The van der Waals surface area contributed by atoms with Crippen molar-refractivity contribution in [2.75, 3.05) is 19.0 Å². The van der Waals surface area contributed by atoms with Crippen LogP contribution >= 0.6 is 11.3 Å². The smallest absolute Gasteiger partial charge is 0.394 e. The van der Waals surface area contributed by atoms with E-state index in [1.807, 2.05) is 24.3 Å². The maximum Gasteiger partial charge on any atom is 0.394 e. The van der Waals surface area contributed by atoms with Crippen molar-refractivity contribution >= 4 is 34.9 Å². The van der Waals surface area contributed by atoms with Crippen LogP contribution in [0.3, 0.4) is 0 Å². The quantitative estimate of drug-likeness (QED) is 0.455. The Morgan fingerprint density at radius 1 is 1.03 bits per heavy atom. The van der Waals surface area contributed by atoms with Gasteiger partial charge in [0.25, 0.3) is 0 Å². The van der Waals surface area contributed by atoms with Gasteiger partial charge in [-0.05, 0) is 47.5 Å². The third-order valence-corrected chi connectivity index (χ3v) is 5.51. The minimum absolute atomic E-state index is 0.0583. The molecule has 0 fully saturated rings. The normalized spacial score (nSPS) is 10.4. The van der Waals surface area contributed by atoms with Gasteiger partial charge in [0.2, 0.25) is 0 Å². The number of aromatic carboxylic acids is 1. The van der Waals surface area contributed by atoms with Gasteiger partial charge in [-0.2, -0.15) is 0 Å². The number of carbonyl (C=O) groups is 3. The largest absolute Gasteiger partial charge is 0.496 e. The SMILES string of the molecule is COc1ccccc1CCOc1ccc(-c2cc(NC(=O)C(=O)O)c(C(=O)O)s2)cc1. The molecule has 0 atom stereocenters. The molecular weight excluding hydrogens is 422 g/mol. The van der Waals surface area contributed by atoms with E-state index in [4.69, 9.17) is 14.6 Å². The van der Waals surface area contributed by atoms with Crippen molar-refractivity contribution in [1.82, 2.24) is 0 Å². The fourth-order valence-corrected chi connectivity index (χ4v) is 3.82. The summed E-state index contributed by atoms with van der Waals surface area (Å²) in [5, 5.41) is 20.2. The highest BCUT2D eigenvalue weighted by molar-refractivity contribution is 7.18. The predicted octanol–water partition coefficient (Wildman–Crippen LogP) is 3.77. The Morgan fingerprint density at radius 3 is 2.39 bits per heavy atom. The first kappa shape index (κ1) is 21.8. The van der Waals surface area contributed by atoms with Crippen LogP contribution < -0.4 is 14.8 Å². The second-order valence-corrected chi connectivity index (χ2v) is 7.40. The van der Waals surface area contributed by atoms with Gasteiger partial charge in [0.05, 0.1) is 19.4 Å². The third kappa shape index (κ3) is 5.40. The van der Waals surface area contributed by atoms with Gasteiger partial charge in [-0.25, -0.2) is 9.59 Å². The molecule has 1 amide bonds. The lowest BCUT2D eigenvalue weighted by molar-refractivity contribution is -0.147. The molecule has 9 heteroatoms. The number of rotatable bonds is 8. The number of benzene rings is 2. The van der Waals surface area contributed by atoms with Crippen LogP contribution in [0, 0.1) is 0 Å². The molecule has 0 aliphatic heterocycles. The Hall–Kier alpha value is -3.85. The monoisotopic (exact) mass is 441 g/mol. The Morgan fingerprint density at radius 2 is 1.74 bits per heavy atom. The maximum atomic E-state index is 11.4. The van der Waals surface area contributed by atoms with Crippen LogP contribution in [0.5, 0.6) is 11.5 Å². The highest BCUT2D eigenvalue weighted by atomic mass is 32.1. The van der Waals surface area contributed by atoms with E-state index in [-0.39, 0.29) is 10.6 Å². The van der Waals surface area contributed by atoms with Crippen LogP contribution in [-0.4, -0.2) is 41.8 Å². The van der Waals surface area contributed by atoms with Crippen molar-refractivity contribution in [3.8, 4) is 21.9 Å². The number of carboxylic acids is 2. The van der Waals surface area contributed by atoms with Crippen molar-refractivity contribution in [3.63, 3.8) is 0 Å². The van der Waals surface area contributed by atoms with Crippen LogP contribution in [0.2, 0.25) is 0 Å². The lowest BCUT2D eigenvalue weighted by Gasteiger charge is -2.10. The number of aliphatic carboxylic acids is 1. The van der Waals surface area contributed by atoms with Gasteiger partial charge in [0.1, 0.15) is 16.4 Å². The number of nitrogens with one attached hydrogen (secondary N) is 1. The van der Waals surface area contributed by atoms with E-state index >= 15 is 0 Å². The first-order chi connectivity index (χ1) is 14.9. The van der Waals surface area contributed by atoms with E-state index in [1.54, 1.807) is 31.4 Å². The molecule has 0 saturated heterocycles. The van der Waals surface area contributed by atoms with Gasteiger partial charge < -0.3 is 25.0 Å². The van der Waals surface area contributed by atoms with Gasteiger partial charge in [-0.15, -0.1) is 11.3 Å². The average molecular weight is 441 g/mol. The fourth-order valence-electron chi connectivity index (χ4n) is 2.86. The summed E-state index contributed by atoms with van der Waals surface area (Å²) in [4.78, 5) is 34.0. The van der Waals surface area contributed by atoms with Crippen molar-refractivity contribution < 1.29 is 34.1 Å². The Balaban J connectivity index is 1.69. The number of amides is 1. The molecule has 3 rings (SSSR count). The van der Waals surface area contributed by atoms with Gasteiger partial charge >= 0.3 is 17.8 Å². The number of carboxylic acid groups (broad SMARTS) is 2. The molecule has 3 aromatic rings. The highest BCUT2D eigenvalue weighted by Gasteiger charge is 2.20. The molecule has 2 aromatic carbocycles. The second-order valence-electron chi connectivity index (χ2n) is 6.35. The average Bonchev–Trinajstić information content (AvgIpc) is 3.18. The first-order valence-corrected chi connectivity index (χ1v) is 9.97. The Labute approximate surface area is 181 Å². The number of methoxy groups -OCH3 is 1. The van der Waals surface area contributed by atoms with Gasteiger partial charge in [0.15, 0.2) is 0 Å². The molecule has 31 heavy (non-hydrogen) atoms. The minimum atomic E-state index is -1.70. The molecule has 0 spiro atoms. The molecule has 0 aliphatic carbocycles. The van der Waals surface area contributed by atoms with Gasteiger partial charge in [-0.1, -0.05) is 18.2 Å². The van der Waals surface area contributed by atoms with E-state index in [0.29, 0.717) is 29.2 Å². The number of thiophene rings is 1. The molecule has 3 N–H and O–H groups in total. The third-order valence-electron chi connectivity index (χ3n) is 4.34. The lowest BCUT2D eigenvalue weighted by Crippen LogP contribution is -2.22. The molecular formula is C22H19NO7S. The number of para-hydroxylation sites is 1. The van der Waals surface area contributed by atoms with Crippen LogP contribution in [0.1, 0.15) is 15.2 Å². The van der Waals surface area contributed by atoms with E-state index in [2.05, 4.69) is 5.32 Å². The number of carbonyl (C=O) groups excluding carboxylic acids is 1. The standard InChI is InChI=1S/C22H19NO7S/c1-29-17-5-3-2-4-13(17)10-11-30-15-8-6-14(7-9-15)18-12-16(19(31-18)21(25)26)23-20(24)22(27)28/h2-9,12H,10-11H2,1H3,(H,23,24)(H,25,26)(H,27,28). The van der Waals surface area contributed by atoms with E-state index < -0.39 is 17.8 Å². The van der Waals surface area contributed by atoms with Crippen molar-refractivity contribution in [2.45, 2.75) is 6.42 Å². The van der Waals surface area contributed by atoms with E-state index in [9.17, 15) is 19.5 Å². The molecule has 0 radical (unpaired) electrons. The second kappa shape index (κ2) is 9.77. The zero-order chi connectivity index (χ0) is 22.4. The van der Waals surface area contributed by atoms with Crippen LogP contribution in [0.15, 0.2) is 54.6 Å². The summed E-state index contributed by atoms with van der Waals surface area (Å²) in [5.41, 5.74) is 1.69. The van der Waals surface area contributed by atoms with Crippen LogP contribution in [0.4, 0.5) is 5.69 Å². The van der Waals surface area contributed by atoms with Crippen molar-refractivity contribution in [3.05, 3.63) is 65.0 Å². The van der Waals surface area contributed by atoms with Crippen LogP contribution in [-0.2, 0) is 16.0 Å². The molecule has 0 saturated carbocycles. The number of hydrogen-bond donors (Lipinski definition) is 3. The molecule has 160 valence electrons. The number of hydrogen-bond acceptors (Lipinski definition) is 6. The Kier molecular flexibility index (Phi) is 6.88. The van der Waals surface area contributed by atoms with E-state index in [0.717, 1.165) is 22.6 Å². The predicted molar refractivity (Wildman–Crippen MR) is 115 cm³/mol. The van der Waals surface area contributed by atoms with Crippen molar-refractivity contribution in [2.24, 2.45) is 0 Å². The number of anilines is 1. The summed E-state index contributed by atoms with van der Waals surface area (Å²) >= 11 is 0.938. The Bertz CT molecular complexity index is 1110. The lowest BCUT2D eigenvalue weighted by atomic mass is 10.1.